The second-order valence-electron chi connectivity index (χ2n) is 2.65. The molecule has 0 aromatic carbocycles. The Kier molecular flexibility index (Phi) is 1.55. The maximum atomic E-state index is 9.31. The Hall–Kier alpha value is -1.42. The molecule has 0 aliphatic carbocycles. The monoisotopic (exact) mass is 163 g/mol. The first-order valence-electron chi connectivity index (χ1n) is 3.76. The van der Waals surface area contributed by atoms with Crippen LogP contribution in [0.1, 0.15) is 18.7 Å². The molecule has 4 heteroatoms. The second-order valence-corrected chi connectivity index (χ2v) is 2.65. The molecule has 2 heterocycles. The van der Waals surface area contributed by atoms with Crippen LogP contribution in [0.15, 0.2) is 24.5 Å². The zero-order valence-corrected chi connectivity index (χ0v) is 6.68. The highest BCUT2D eigenvalue weighted by molar-refractivity contribution is 5.37. The normalized spacial score (nSPS) is 13.5. The van der Waals surface area contributed by atoms with Gasteiger partial charge in [-0.3, -0.25) is 0 Å². The predicted molar refractivity (Wildman–Crippen MR) is 43.6 cm³/mol. The van der Waals surface area contributed by atoms with Gasteiger partial charge in [-0.25, -0.2) is 9.50 Å². The van der Waals surface area contributed by atoms with E-state index in [2.05, 4.69) is 10.1 Å². The summed E-state index contributed by atoms with van der Waals surface area (Å²) in [6.45, 7) is 1.69. The quantitative estimate of drug-likeness (QED) is 0.676. The molecule has 62 valence electrons. The minimum atomic E-state index is -0.533. The van der Waals surface area contributed by atoms with Gasteiger partial charge < -0.3 is 5.11 Å². The first-order chi connectivity index (χ1) is 5.79. The Morgan fingerprint density at radius 3 is 3.17 bits per heavy atom. The minimum Gasteiger partial charge on any atom is -0.387 e. The van der Waals surface area contributed by atoms with E-state index in [1.807, 2.05) is 12.1 Å². The van der Waals surface area contributed by atoms with E-state index in [0.717, 1.165) is 5.65 Å². The van der Waals surface area contributed by atoms with Gasteiger partial charge in [0.15, 0.2) is 5.65 Å². The lowest BCUT2D eigenvalue weighted by atomic mass is 10.3. The number of nitrogens with zero attached hydrogens (tertiary/aromatic N) is 3. The molecule has 2 aromatic heterocycles. The maximum absolute atomic E-state index is 9.31. The number of hydrogen-bond acceptors (Lipinski definition) is 3. The molecule has 0 radical (unpaired) electrons. The molecule has 0 spiro atoms. The zero-order chi connectivity index (χ0) is 8.55. The molecule has 12 heavy (non-hydrogen) atoms. The van der Waals surface area contributed by atoms with Crippen molar-refractivity contribution in [3.05, 3.63) is 30.2 Å². The van der Waals surface area contributed by atoms with E-state index in [4.69, 9.17) is 0 Å². The van der Waals surface area contributed by atoms with Crippen LogP contribution in [-0.2, 0) is 0 Å². The maximum Gasteiger partial charge on any atom is 0.153 e. The lowest BCUT2D eigenvalue weighted by Crippen LogP contribution is -1.99. The summed E-state index contributed by atoms with van der Waals surface area (Å²) < 4.78 is 1.63. The van der Waals surface area contributed by atoms with Gasteiger partial charge >= 0.3 is 0 Å². The molecule has 4 nitrogen and oxygen atoms in total. The number of imidazole rings is 1. The molecule has 1 unspecified atom stereocenters. The summed E-state index contributed by atoms with van der Waals surface area (Å²) in [6, 6.07) is 3.66. The number of aliphatic hydroxyl groups excluding tert-OH is 1. The highest BCUT2D eigenvalue weighted by Gasteiger charge is 2.07. The standard InChI is InChI=1S/C8H9N3O/c1-6(12)7-5-9-8-3-2-4-10-11(7)8/h2-6,12H,1H3. The third-order valence-electron chi connectivity index (χ3n) is 1.73. The van der Waals surface area contributed by atoms with Crippen molar-refractivity contribution in [2.24, 2.45) is 0 Å². The van der Waals surface area contributed by atoms with E-state index in [9.17, 15) is 5.11 Å². The lowest BCUT2D eigenvalue weighted by Gasteiger charge is -2.00. The molecule has 0 fully saturated rings. The van der Waals surface area contributed by atoms with Gasteiger partial charge in [0, 0.05) is 6.20 Å². The van der Waals surface area contributed by atoms with Crippen molar-refractivity contribution in [1.82, 2.24) is 14.6 Å². The average Bonchev–Trinajstić information content (AvgIpc) is 2.47. The second kappa shape index (κ2) is 2.57. The number of aromatic nitrogens is 3. The van der Waals surface area contributed by atoms with Crippen LogP contribution in [0.2, 0.25) is 0 Å². The number of fused-ring (bicyclic) bond motifs is 1. The van der Waals surface area contributed by atoms with Gasteiger partial charge in [0.2, 0.25) is 0 Å². The molecule has 0 saturated carbocycles. The molecule has 0 saturated heterocycles. The van der Waals surface area contributed by atoms with Crippen molar-refractivity contribution in [2.45, 2.75) is 13.0 Å². The Balaban J connectivity index is 2.70. The van der Waals surface area contributed by atoms with Crippen molar-refractivity contribution < 1.29 is 5.11 Å². The van der Waals surface area contributed by atoms with Crippen molar-refractivity contribution in [3.63, 3.8) is 0 Å². The molecule has 1 atom stereocenters. The van der Waals surface area contributed by atoms with Crippen molar-refractivity contribution >= 4 is 5.65 Å². The number of hydrogen-bond donors (Lipinski definition) is 1. The molecule has 0 aliphatic heterocycles. The molecule has 0 bridgehead atoms. The Labute approximate surface area is 69.5 Å². The third-order valence-corrected chi connectivity index (χ3v) is 1.73. The van der Waals surface area contributed by atoms with Gasteiger partial charge in [0.25, 0.3) is 0 Å². The molecule has 0 aliphatic rings. The van der Waals surface area contributed by atoms with Crippen molar-refractivity contribution in [3.8, 4) is 0 Å². The van der Waals surface area contributed by atoms with Crippen molar-refractivity contribution in [1.29, 1.82) is 0 Å². The number of rotatable bonds is 1. The summed E-state index contributed by atoms with van der Waals surface area (Å²) >= 11 is 0. The fraction of sp³-hybridized carbons (Fsp3) is 0.250. The third kappa shape index (κ3) is 0.967. The van der Waals surface area contributed by atoms with Gasteiger partial charge in [-0.05, 0) is 19.1 Å². The SMILES string of the molecule is CC(O)c1cnc2cccnn12. The van der Waals surface area contributed by atoms with Crippen LogP contribution in [-0.4, -0.2) is 19.7 Å². The summed E-state index contributed by atoms with van der Waals surface area (Å²) in [6.07, 6.45) is 2.77. The van der Waals surface area contributed by atoms with E-state index in [1.165, 1.54) is 0 Å². The predicted octanol–water partition coefficient (Wildman–Crippen LogP) is 0.783. The molecule has 2 aromatic rings. The van der Waals surface area contributed by atoms with E-state index < -0.39 is 6.10 Å². The van der Waals surface area contributed by atoms with Crippen LogP contribution in [0.3, 0.4) is 0 Å². The van der Waals surface area contributed by atoms with Crippen LogP contribution in [0, 0.1) is 0 Å². The largest absolute Gasteiger partial charge is 0.387 e. The first-order valence-corrected chi connectivity index (χ1v) is 3.76. The van der Waals surface area contributed by atoms with Gasteiger partial charge in [0.05, 0.1) is 18.0 Å². The summed E-state index contributed by atoms with van der Waals surface area (Å²) in [4.78, 5) is 4.08. The summed E-state index contributed by atoms with van der Waals surface area (Å²) in [5.41, 5.74) is 1.47. The highest BCUT2D eigenvalue weighted by Crippen LogP contribution is 2.11. The Bertz CT molecular complexity index is 394. The first kappa shape index (κ1) is 7.24. The molecule has 0 amide bonds. The summed E-state index contributed by atoms with van der Waals surface area (Å²) in [5.74, 6) is 0. The molecular formula is C8H9N3O. The zero-order valence-electron chi connectivity index (χ0n) is 6.68. The van der Waals surface area contributed by atoms with Crippen molar-refractivity contribution in [2.75, 3.05) is 0 Å². The average molecular weight is 163 g/mol. The molecular weight excluding hydrogens is 154 g/mol. The summed E-state index contributed by atoms with van der Waals surface area (Å²) in [5, 5.41) is 13.4. The fourth-order valence-electron chi connectivity index (χ4n) is 1.13. The van der Waals surface area contributed by atoms with Crippen LogP contribution in [0.4, 0.5) is 0 Å². The van der Waals surface area contributed by atoms with Gasteiger partial charge in [-0.1, -0.05) is 0 Å². The minimum absolute atomic E-state index is 0.533. The highest BCUT2D eigenvalue weighted by atomic mass is 16.3. The summed E-state index contributed by atoms with van der Waals surface area (Å²) in [7, 11) is 0. The number of aliphatic hydroxyl groups is 1. The fourth-order valence-corrected chi connectivity index (χ4v) is 1.13. The van der Waals surface area contributed by atoms with E-state index >= 15 is 0 Å². The van der Waals surface area contributed by atoms with Crippen LogP contribution >= 0.6 is 0 Å². The van der Waals surface area contributed by atoms with E-state index in [-0.39, 0.29) is 0 Å². The van der Waals surface area contributed by atoms with Gasteiger partial charge in [0.1, 0.15) is 0 Å². The van der Waals surface area contributed by atoms with Crippen LogP contribution in [0.25, 0.3) is 5.65 Å². The Morgan fingerprint density at radius 1 is 1.58 bits per heavy atom. The van der Waals surface area contributed by atoms with Gasteiger partial charge in [-0.2, -0.15) is 5.10 Å². The Morgan fingerprint density at radius 2 is 2.42 bits per heavy atom. The topological polar surface area (TPSA) is 50.4 Å². The molecule has 1 N–H and O–H groups in total. The molecule has 2 rings (SSSR count). The van der Waals surface area contributed by atoms with Crippen LogP contribution < -0.4 is 0 Å². The smallest absolute Gasteiger partial charge is 0.153 e. The van der Waals surface area contributed by atoms with E-state index in [0.29, 0.717) is 5.69 Å². The van der Waals surface area contributed by atoms with Gasteiger partial charge in [-0.15, -0.1) is 0 Å². The van der Waals surface area contributed by atoms with Crippen LogP contribution in [0.5, 0.6) is 0 Å². The lowest BCUT2D eigenvalue weighted by molar-refractivity contribution is 0.192. The van der Waals surface area contributed by atoms with E-state index in [1.54, 1.807) is 23.8 Å².